The Morgan fingerprint density at radius 3 is 2.43 bits per heavy atom. The molecule has 0 radical (unpaired) electrons. The minimum atomic E-state index is -0.191. The number of nitrogens with zero attached hydrogens (tertiary/aromatic N) is 1. The summed E-state index contributed by atoms with van der Waals surface area (Å²) in [5.74, 6) is 0.803. The number of hydrogen-bond donors (Lipinski definition) is 1. The number of carbonyl (C=O) groups excluding carboxylic acids is 1. The summed E-state index contributed by atoms with van der Waals surface area (Å²) in [6.07, 6.45) is 4.67. The molecule has 80 valence electrons. The van der Waals surface area contributed by atoms with Crippen LogP contribution in [0, 0.1) is 5.92 Å². The lowest BCUT2D eigenvalue weighted by molar-refractivity contribution is -0.132. The van der Waals surface area contributed by atoms with E-state index in [4.69, 9.17) is 0 Å². The van der Waals surface area contributed by atoms with Gasteiger partial charge < -0.3 is 4.90 Å². The number of likely N-dealkylation sites (N-methyl/N-ethyl adjacent to an activating group) is 1. The monoisotopic (exact) mass is 196 g/mol. The van der Waals surface area contributed by atoms with Crippen LogP contribution in [0.2, 0.25) is 0 Å². The highest BCUT2D eigenvalue weighted by molar-refractivity contribution is 5.89. The number of rotatable bonds is 1. The third-order valence-corrected chi connectivity index (χ3v) is 3.66. The van der Waals surface area contributed by atoms with Gasteiger partial charge in [-0.15, -0.1) is 0 Å². The first kappa shape index (κ1) is 9.97. The molecular formula is C11H20N2O. The normalized spacial score (nSPS) is 31.0. The van der Waals surface area contributed by atoms with Gasteiger partial charge in [0.05, 0.1) is 11.7 Å². The van der Waals surface area contributed by atoms with Gasteiger partial charge in [0.15, 0.2) is 0 Å². The topological polar surface area (TPSA) is 32.3 Å². The van der Waals surface area contributed by atoms with Crippen LogP contribution in [-0.2, 0) is 4.79 Å². The molecule has 3 nitrogen and oxygen atoms in total. The van der Waals surface area contributed by atoms with Crippen LogP contribution in [0.5, 0.6) is 0 Å². The fraction of sp³-hybridized carbons (Fsp3) is 0.909. The molecule has 1 heterocycles. The van der Waals surface area contributed by atoms with E-state index in [1.807, 2.05) is 11.9 Å². The maximum atomic E-state index is 12.1. The van der Waals surface area contributed by atoms with E-state index in [9.17, 15) is 4.79 Å². The first-order valence-corrected chi connectivity index (χ1v) is 5.62. The Labute approximate surface area is 85.8 Å². The van der Waals surface area contributed by atoms with Crippen LogP contribution in [0.3, 0.4) is 0 Å². The molecule has 0 aromatic rings. The number of carbonyl (C=O) groups is 1. The maximum absolute atomic E-state index is 12.1. The van der Waals surface area contributed by atoms with Gasteiger partial charge in [-0.2, -0.15) is 0 Å². The number of hydrogen-bond acceptors (Lipinski definition) is 2. The summed E-state index contributed by atoms with van der Waals surface area (Å²) in [7, 11) is 1.92. The van der Waals surface area contributed by atoms with Gasteiger partial charge in [0, 0.05) is 7.05 Å². The van der Waals surface area contributed by atoms with Gasteiger partial charge in [-0.1, -0.05) is 26.7 Å². The molecule has 1 saturated carbocycles. The highest BCUT2D eigenvalue weighted by Crippen LogP contribution is 2.36. The third-order valence-electron chi connectivity index (χ3n) is 3.66. The SMILES string of the molecule is CC(C)C1NC2(CCCC2)C(=O)N1C. The molecule has 1 saturated heterocycles. The smallest absolute Gasteiger partial charge is 0.243 e. The van der Waals surface area contributed by atoms with Crippen LogP contribution < -0.4 is 5.32 Å². The fourth-order valence-corrected chi connectivity index (χ4v) is 2.86. The summed E-state index contributed by atoms with van der Waals surface area (Å²) < 4.78 is 0. The zero-order valence-electron chi connectivity index (χ0n) is 9.34. The van der Waals surface area contributed by atoms with Gasteiger partial charge in [0.2, 0.25) is 5.91 Å². The van der Waals surface area contributed by atoms with E-state index < -0.39 is 0 Å². The molecule has 0 aromatic carbocycles. The van der Waals surface area contributed by atoms with Crippen molar-refractivity contribution in [1.82, 2.24) is 10.2 Å². The van der Waals surface area contributed by atoms with E-state index in [1.54, 1.807) is 0 Å². The van der Waals surface area contributed by atoms with Gasteiger partial charge in [0.1, 0.15) is 0 Å². The van der Waals surface area contributed by atoms with Crippen molar-refractivity contribution in [3.05, 3.63) is 0 Å². The quantitative estimate of drug-likeness (QED) is 0.686. The average Bonchev–Trinajstić information content (AvgIpc) is 2.68. The third kappa shape index (κ3) is 1.26. The zero-order valence-corrected chi connectivity index (χ0v) is 9.34. The molecule has 2 aliphatic rings. The lowest BCUT2D eigenvalue weighted by Crippen LogP contribution is -2.45. The second-order valence-electron chi connectivity index (χ2n) is 5.04. The molecule has 1 amide bonds. The summed E-state index contributed by atoms with van der Waals surface area (Å²) in [5, 5.41) is 3.54. The molecule has 1 spiro atoms. The van der Waals surface area contributed by atoms with Crippen molar-refractivity contribution in [2.24, 2.45) is 5.92 Å². The van der Waals surface area contributed by atoms with Crippen molar-refractivity contribution < 1.29 is 4.79 Å². The van der Waals surface area contributed by atoms with Crippen molar-refractivity contribution in [3.63, 3.8) is 0 Å². The van der Waals surface area contributed by atoms with E-state index >= 15 is 0 Å². The Kier molecular flexibility index (Phi) is 2.30. The standard InChI is InChI=1S/C11H20N2O/c1-8(2)9-12-11(6-4-5-7-11)10(14)13(9)3/h8-9,12H,4-7H2,1-3H3. The summed E-state index contributed by atoms with van der Waals surface area (Å²) in [4.78, 5) is 14.0. The predicted octanol–water partition coefficient (Wildman–Crippen LogP) is 1.34. The van der Waals surface area contributed by atoms with Gasteiger partial charge in [-0.05, 0) is 18.8 Å². The predicted molar refractivity (Wildman–Crippen MR) is 55.7 cm³/mol. The summed E-state index contributed by atoms with van der Waals surface area (Å²) in [6.45, 7) is 4.32. The summed E-state index contributed by atoms with van der Waals surface area (Å²) >= 11 is 0. The first-order chi connectivity index (χ1) is 6.57. The second-order valence-corrected chi connectivity index (χ2v) is 5.04. The van der Waals surface area contributed by atoms with Crippen molar-refractivity contribution in [2.45, 2.75) is 51.2 Å². The van der Waals surface area contributed by atoms with Crippen LogP contribution in [0.4, 0.5) is 0 Å². The van der Waals surface area contributed by atoms with E-state index in [0.717, 1.165) is 12.8 Å². The van der Waals surface area contributed by atoms with Gasteiger partial charge in [-0.3, -0.25) is 10.1 Å². The highest BCUT2D eigenvalue weighted by atomic mass is 16.2. The minimum absolute atomic E-state index is 0.191. The molecule has 0 aromatic heterocycles. The molecule has 1 aliphatic heterocycles. The Hall–Kier alpha value is -0.570. The molecule has 3 heteroatoms. The fourth-order valence-electron chi connectivity index (χ4n) is 2.86. The molecule has 1 aliphatic carbocycles. The molecular weight excluding hydrogens is 176 g/mol. The molecule has 14 heavy (non-hydrogen) atoms. The molecule has 2 fully saturated rings. The Morgan fingerprint density at radius 1 is 1.43 bits per heavy atom. The molecule has 1 atom stereocenters. The lowest BCUT2D eigenvalue weighted by Gasteiger charge is -2.23. The Bertz CT molecular complexity index is 244. The van der Waals surface area contributed by atoms with Crippen molar-refractivity contribution >= 4 is 5.91 Å². The minimum Gasteiger partial charge on any atom is -0.328 e. The van der Waals surface area contributed by atoms with Gasteiger partial charge in [0.25, 0.3) is 0 Å². The van der Waals surface area contributed by atoms with Crippen molar-refractivity contribution in [2.75, 3.05) is 7.05 Å². The number of amides is 1. The van der Waals surface area contributed by atoms with Crippen LogP contribution >= 0.6 is 0 Å². The second kappa shape index (κ2) is 3.23. The highest BCUT2D eigenvalue weighted by Gasteiger charge is 2.51. The van der Waals surface area contributed by atoms with Crippen LogP contribution in [0.25, 0.3) is 0 Å². The average molecular weight is 196 g/mol. The van der Waals surface area contributed by atoms with Crippen molar-refractivity contribution in [1.29, 1.82) is 0 Å². The summed E-state index contributed by atoms with van der Waals surface area (Å²) in [6, 6.07) is 0. The number of nitrogens with one attached hydrogen (secondary N) is 1. The van der Waals surface area contributed by atoms with Crippen LogP contribution in [0.1, 0.15) is 39.5 Å². The zero-order chi connectivity index (χ0) is 10.3. The summed E-state index contributed by atoms with van der Waals surface area (Å²) in [5.41, 5.74) is -0.191. The molecule has 1 unspecified atom stereocenters. The lowest BCUT2D eigenvalue weighted by atomic mass is 9.98. The van der Waals surface area contributed by atoms with E-state index in [0.29, 0.717) is 11.8 Å². The Balaban J connectivity index is 2.20. The Morgan fingerprint density at radius 2 is 2.00 bits per heavy atom. The van der Waals surface area contributed by atoms with Gasteiger partial charge >= 0.3 is 0 Å². The largest absolute Gasteiger partial charge is 0.328 e. The van der Waals surface area contributed by atoms with Gasteiger partial charge in [-0.25, -0.2) is 0 Å². The molecule has 0 bridgehead atoms. The molecule has 2 rings (SSSR count). The van der Waals surface area contributed by atoms with Crippen molar-refractivity contribution in [3.8, 4) is 0 Å². The van der Waals surface area contributed by atoms with Crippen LogP contribution in [0.15, 0.2) is 0 Å². The first-order valence-electron chi connectivity index (χ1n) is 5.62. The molecule has 1 N–H and O–H groups in total. The van der Waals surface area contributed by atoms with E-state index in [2.05, 4.69) is 19.2 Å². The maximum Gasteiger partial charge on any atom is 0.243 e. The van der Waals surface area contributed by atoms with E-state index in [-0.39, 0.29) is 11.7 Å². The van der Waals surface area contributed by atoms with Crippen LogP contribution in [-0.4, -0.2) is 29.6 Å². The van der Waals surface area contributed by atoms with E-state index in [1.165, 1.54) is 12.8 Å².